The van der Waals surface area contributed by atoms with Crippen LogP contribution in [-0.4, -0.2) is 66.5 Å². The summed E-state index contributed by atoms with van der Waals surface area (Å²) in [6, 6.07) is 4.58. The number of morpholine rings is 1. The van der Waals surface area contributed by atoms with Crippen LogP contribution in [0.3, 0.4) is 0 Å². The van der Waals surface area contributed by atoms with Crippen molar-refractivity contribution in [1.29, 1.82) is 0 Å². The van der Waals surface area contributed by atoms with Gasteiger partial charge in [0, 0.05) is 13.1 Å². The van der Waals surface area contributed by atoms with E-state index in [1.165, 1.54) is 0 Å². The summed E-state index contributed by atoms with van der Waals surface area (Å²) < 4.78 is 5.66. The van der Waals surface area contributed by atoms with E-state index >= 15 is 0 Å². The minimum absolute atomic E-state index is 0.00543. The Labute approximate surface area is 164 Å². The molecule has 6 nitrogen and oxygen atoms in total. The number of nitrogens with zero attached hydrogens (tertiary/aromatic N) is 2. The van der Waals surface area contributed by atoms with Crippen molar-refractivity contribution in [3.8, 4) is 0 Å². The molecule has 1 N–H and O–H groups in total. The van der Waals surface area contributed by atoms with Crippen LogP contribution in [0.15, 0.2) is 18.2 Å². The average molecular weight is 402 g/mol. The molecular weight excluding hydrogens is 377 g/mol. The number of benzene rings is 1. The van der Waals surface area contributed by atoms with Crippen molar-refractivity contribution < 1.29 is 14.3 Å². The van der Waals surface area contributed by atoms with Gasteiger partial charge in [0.05, 0.1) is 40.5 Å². The van der Waals surface area contributed by atoms with Gasteiger partial charge in [0.15, 0.2) is 0 Å². The number of carbonyl (C=O) groups is 2. The third-order valence-electron chi connectivity index (χ3n) is 4.37. The summed E-state index contributed by atoms with van der Waals surface area (Å²) in [6.07, 6.45) is 0.0109. The Bertz CT molecular complexity index is 641. The van der Waals surface area contributed by atoms with Gasteiger partial charge in [-0.05, 0) is 40.0 Å². The number of carbonyl (C=O) groups excluding carboxylic acids is 2. The fraction of sp³-hybridized carbons (Fsp3) is 0.556. The summed E-state index contributed by atoms with van der Waals surface area (Å²) in [5.74, 6) is -0.302. The molecule has 0 spiro atoms. The van der Waals surface area contributed by atoms with Crippen LogP contribution < -0.4 is 5.32 Å². The van der Waals surface area contributed by atoms with Gasteiger partial charge in [0.25, 0.3) is 0 Å². The smallest absolute Gasteiger partial charge is 0.239 e. The highest BCUT2D eigenvalue weighted by Crippen LogP contribution is 2.29. The standard InChI is InChI=1S/C18H25Cl2N3O3/c1-11-8-23(9-12(2)26-11)18(25)13(3)22(4)10-16(24)21-17-14(19)6-5-7-15(17)20/h5-7,11-13H,8-10H2,1-4H3,(H,21,24). The summed E-state index contributed by atoms with van der Waals surface area (Å²) in [7, 11) is 1.74. The van der Waals surface area contributed by atoms with E-state index in [0.29, 0.717) is 28.8 Å². The first kappa shape index (κ1) is 21.0. The molecule has 2 amide bonds. The number of para-hydroxylation sites is 1. The number of amides is 2. The summed E-state index contributed by atoms with van der Waals surface area (Å²) >= 11 is 12.1. The van der Waals surface area contributed by atoms with Crippen molar-refractivity contribution in [2.45, 2.75) is 39.0 Å². The molecule has 1 aliphatic rings. The van der Waals surface area contributed by atoms with Crippen molar-refractivity contribution in [2.24, 2.45) is 0 Å². The van der Waals surface area contributed by atoms with Crippen LogP contribution in [0, 0.1) is 0 Å². The van der Waals surface area contributed by atoms with Gasteiger partial charge < -0.3 is 15.0 Å². The second-order valence-corrected chi connectivity index (χ2v) is 7.55. The fourth-order valence-corrected chi connectivity index (χ4v) is 3.46. The Hall–Kier alpha value is -1.34. The van der Waals surface area contributed by atoms with Crippen LogP contribution >= 0.6 is 23.2 Å². The zero-order chi connectivity index (χ0) is 19.4. The van der Waals surface area contributed by atoms with Crippen molar-refractivity contribution in [2.75, 3.05) is 32.0 Å². The molecule has 1 saturated heterocycles. The Kier molecular flexibility index (Phi) is 7.29. The van der Waals surface area contributed by atoms with Crippen LogP contribution in [0.2, 0.25) is 10.0 Å². The van der Waals surface area contributed by atoms with Gasteiger partial charge in [-0.3, -0.25) is 14.5 Å². The zero-order valence-corrected chi connectivity index (χ0v) is 17.0. The lowest BCUT2D eigenvalue weighted by molar-refractivity contribution is -0.148. The minimum atomic E-state index is -0.431. The SMILES string of the molecule is CC1CN(C(=O)C(C)N(C)CC(=O)Nc2c(Cl)cccc2Cl)CC(C)O1. The molecular formula is C18H25Cl2N3O3. The van der Waals surface area contributed by atoms with E-state index in [4.69, 9.17) is 27.9 Å². The number of halogens is 2. The molecule has 1 aromatic rings. The van der Waals surface area contributed by atoms with Gasteiger partial charge in [0.2, 0.25) is 11.8 Å². The van der Waals surface area contributed by atoms with E-state index in [2.05, 4.69) is 5.32 Å². The fourth-order valence-electron chi connectivity index (χ4n) is 2.97. The Morgan fingerprint density at radius 3 is 2.35 bits per heavy atom. The normalized spacial score (nSPS) is 21.6. The highest BCUT2D eigenvalue weighted by atomic mass is 35.5. The van der Waals surface area contributed by atoms with Crippen LogP contribution in [0.5, 0.6) is 0 Å². The predicted octanol–water partition coefficient (Wildman–Crippen LogP) is 2.89. The quantitative estimate of drug-likeness (QED) is 0.823. The van der Waals surface area contributed by atoms with Crippen LogP contribution in [0.25, 0.3) is 0 Å². The molecule has 1 aliphatic heterocycles. The predicted molar refractivity (Wildman–Crippen MR) is 104 cm³/mol. The van der Waals surface area contributed by atoms with E-state index in [1.807, 2.05) is 13.8 Å². The molecule has 1 heterocycles. The van der Waals surface area contributed by atoms with Gasteiger partial charge >= 0.3 is 0 Å². The minimum Gasteiger partial charge on any atom is -0.372 e. The number of nitrogens with one attached hydrogen (secondary N) is 1. The zero-order valence-electron chi connectivity index (χ0n) is 15.5. The van der Waals surface area contributed by atoms with E-state index in [1.54, 1.807) is 42.0 Å². The third kappa shape index (κ3) is 5.33. The van der Waals surface area contributed by atoms with Crippen LogP contribution in [0.1, 0.15) is 20.8 Å². The second kappa shape index (κ2) is 9.04. The molecule has 0 aliphatic carbocycles. The summed E-state index contributed by atoms with van der Waals surface area (Å²) in [5.41, 5.74) is 0.379. The van der Waals surface area contributed by atoms with Gasteiger partial charge in [-0.15, -0.1) is 0 Å². The monoisotopic (exact) mass is 401 g/mol. The first-order valence-corrected chi connectivity index (χ1v) is 9.33. The Morgan fingerprint density at radius 1 is 1.27 bits per heavy atom. The molecule has 0 saturated carbocycles. The number of hydrogen-bond acceptors (Lipinski definition) is 4. The Morgan fingerprint density at radius 2 is 1.81 bits per heavy atom. The molecule has 144 valence electrons. The van der Waals surface area contributed by atoms with Gasteiger partial charge in [-0.25, -0.2) is 0 Å². The van der Waals surface area contributed by atoms with E-state index in [-0.39, 0.29) is 30.6 Å². The summed E-state index contributed by atoms with van der Waals surface area (Å²) in [4.78, 5) is 28.5. The highest BCUT2D eigenvalue weighted by Gasteiger charge is 2.30. The van der Waals surface area contributed by atoms with Gasteiger partial charge in [0.1, 0.15) is 0 Å². The lowest BCUT2D eigenvalue weighted by atomic mass is 10.2. The van der Waals surface area contributed by atoms with E-state index in [0.717, 1.165) is 0 Å². The van der Waals surface area contributed by atoms with Crippen molar-refractivity contribution in [3.63, 3.8) is 0 Å². The molecule has 1 fully saturated rings. The number of rotatable bonds is 5. The number of hydrogen-bond donors (Lipinski definition) is 1. The lowest BCUT2D eigenvalue weighted by Crippen LogP contribution is -2.54. The van der Waals surface area contributed by atoms with Crippen molar-refractivity contribution >= 4 is 40.7 Å². The van der Waals surface area contributed by atoms with Gasteiger partial charge in [-0.1, -0.05) is 29.3 Å². The molecule has 3 unspecified atom stereocenters. The molecule has 0 aromatic heterocycles. The first-order valence-electron chi connectivity index (χ1n) is 8.57. The lowest BCUT2D eigenvalue weighted by Gasteiger charge is -2.38. The maximum Gasteiger partial charge on any atom is 0.239 e. The third-order valence-corrected chi connectivity index (χ3v) is 5.00. The topological polar surface area (TPSA) is 61.9 Å². The highest BCUT2D eigenvalue weighted by molar-refractivity contribution is 6.39. The molecule has 8 heteroatoms. The van der Waals surface area contributed by atoms with Gasteiger partial charge in [-0.2, -0.15) is 0 Å². The average Bonchev–Trinajstić information content (AvgIpc) is 2.56. The number of likely N-dealkylation sites (N-methyl/N-ethyl adjacent to an activating group) is 1. The maximum atomic E-state index is 12.7. The molecule has 26 heavy (non-hydrogen) atoms. The van der Waals surface area contributed by atoms with Crippen molar-refractivity contribution in [1.82, 2.24) is 9.80 Å². The van der Waals surface area contributed by atoms with Crippen molar-refractivity contribution in [3.05, 3.63) is 28.2 Å². The van der Waals surface area contributed by atoms with E-state index < -0.39 is 6.04 Å². The number of anilines is 1. The molecule has 3 atom stereocenters. The summed E-state index contributed by atoms with van der Waals surface area (Å²) in [6.45, 7) is 6.86. The van der Waals surface area contributed by atoms with Crippen LogP contribution in [0.4, 0.5) is 5.69 Å². The second-order valence-electron chi connectivity index (χ2n) is 6.74. The maximum absolute atomic E-state index is 12.7. The summed E-state index contributed by atoms with van der Waals surface area (Å²) in [5, 5.41) is 3.45. The van der Waals surface area contributed by atoms with Crippen LogP contribution in [-0.2, 0) is 14.3 Å². The number of ether oxygens (including phenoxy) is 1. The van der Waals surface area contributed by atoms with E-state index in [9.17, 15) is 9.59 Å². The molecule has 0 radical (unpaired) electrons. The molecule has 0 bridgehead atoms. The first-order chi connectivity index (χ1) is 12.2. The molecule has 2 rings (SSSR count). The largest absolute Gasteiger partial charge is 0.372 e. The molecule has 1 aromatic carbocycles. The Balaban J connectivity index is 1.94.